The summed E-state index contributed by atoms with van der Waals surface area (Å²) in [5, 5.41) is 28.0. The van der Waals surface area contributed by atoms with E-state index >= 15 is 0 Å². The minimum absolute atomic E-state index is 0.196. The fraction of sp³-hybridized carbons (Fsp3) is 1.00. The molecular weight excluding hydrogens is 122 g/mol. The zero-order valence-corrected chi connectivity index (χ0v) is 5.41. The average molecular weight is 135 g/mol. The molecule has 0 amide bonds. The molecule has 4 heteroatoms. The number of aliphatic hydroxyl groups excluding tert-OH is 2. The number of aliphatic hydroxyl groups is 3. The number of nitrogens with one attached hydrogen (secondary N) is 1. The highest BCUT2D eigenvalue weighted by Gasteiger charge is 2.02. The lowest BCUT2D eigenvalue weighted by Crippen LogP contribution is -2.25. The standard InChI is InChI=1S/C5H13NO3/c1-6-4(7)2-3-5(8)9/h4-9H,2-3H2,1H3. The summed E-state index contributed by atoms with van der Waals surface area (Å²) in [4.78, 5) is 0. The maximum Gasteiger partial charge on any atom is 0.151 e. The van der Waals surface area contributed by atoms with Crippen LogP contribution in [0.15, 0.2) is 0 Å². The molecule has 0 aliphatic rings. The molecule has 0 aliphatic heterocycles. The SMILES string of the molecule is CNC(O)CCC(O)O. The summed E-state index contributed by atoms with van der Waals surface area (Å²) in [7, 11) is 1.61. The van der Waals surface area contributed by atoms with E-state index in [1.807, 2.05) is 0 Å². The molecule has 0 aliphatic carbocycles. The van der Waals surface area contributed by atoms with Gasteiger partial charge in [-0.2, -0.15) is 0 Å². The minimum Gasteiger partial charge on any atom is -0.379 e. The number of rotatable bonds is 4. The molecule has 9 heavy (non-hydrogen) atoms. The molecule has 1 atom stereocenters. The van der Waals surface area contributed by atoms with Crippen LogP contribution in [0.4, 0.5) is 0 Å². The Hall–Kier alpha value is -0.160. The van der Waals surface area contributed by atoms with Crippen LogP contribution in [0.1, 0.15) is 12.8 Å². The second-order valence-electron chi connectivity index (χ2n) is 1.86. The average Bonchev–Trinajstić information content (AvgIpc) is 1.83. The van der Waals surface area contributed by atoms with Crippen LogP contribution in [0, 0.1) is 0 Å². The van der Waals surface area contributed by atoms with Crippen LogP contribution < -0.4 is 5.32 Å². The second-order valence-corrected chi connectivity index (χ2v) is 1.86. The highest BCUT2D eigenvalue weighted by Crippen LogP contribution is 1.95. The Labute approximate surface area is 54.1 Å². The van der Waals surface area contributed by atoms with E-state index in [-0.39, 0.29) is 6.42 Å². The Bertz CT molecular complexity index is 67.2. The van der Waals surface area contributed by atoms with Gasteiger partial charge in [-0.25, -0.2) is 0 Å². The predicted molar refractivity (Wildman–Crippen MR) is 32.5 cm³/mol. The van der Waals surface area contributed by atoms with Crippen molar-refractivity contribution in [2.24, 2.45) is 0 Å². The van der Waals surface area contributed by atoms with Crippen molar-refractivity contribution in [2.45, 2.75) is 25.4 Å². The smallest absolute Gasteiger partial charge is 0.151 e. The van der Waals surface area contributed by atoms with Crippen LogP contribution in [-0.2, 0) is 0 Å². The van der Waals surface area contributed by atoms with Crippen molar-refractivity contribution in [3.63, 3.8) is 0 Å². The predicted octanol–water partition coefficient (Wildman–Crippen LogP) is -1.38. The maximum absolute atomic E-state index is 8.77. The molecule has 0 spiro atoms. The van der Waals surface area contributed by atoms with Crippen LogP contribution in [0.5, 0.6) is 0 Å². The van der Waals surface area contributed by atoms with E-state index < -0.39 is 12.5 Å². The van der Waals surface area contributed by atoms with Crippen molar-refractivity contribution >= 4 is 0 Å². The van der Waals surface area contributed by atoms with E-state index in [0.29, 0.717) is 6.42 Å². The first-order valence-electron chi connectivity index (χ1n) is 2.88. The highest BCUT2D eigenvalue weighted by molar-refractivity contribution is 4.49. The van der Waals surface area contributed by atoms with Crippen molar-refractivity contribution < 1.29 is 15.3 Å². The van der Waals surface area contributed by atoms with Gasteiger partial charge in [-0.05, 0) is 13.5 Å². The van der Waals surface area contributed by atoms with Gasteiger partial charge in [0.2, 0.25) is 0 Å². The minimum atomic E-state index is -1.31. The monoisotopic (exact) mass is 135 g/mol. The zero-order chi connectivity index (χ0) is 7.28. The van der Waals surface area contributed by atoms with Crippen molar-refractivity contribution in [1.82, 2.24) is 5.32 Å². The first kappa shape index (κ1) is 8.84. The van der Waals surface area contributed by atoms with Crippen molar-refractivity contribution in [1.29, 1.82) is 0 Å². The molecule has 0 bridgehead atoms. The normalized spacial score (nSPS) is 14.3. The topological polar surface area (TPSA) is 72.7 Å². The first-order valence-corrected chi connectivity index (χ1v) is 2.88. The van der Waals surface area contributed by atoms with Gasteiger partial charge in [0.05, 0.1) is 0 Å². The van der Waals surface area contributed by atoms with Gasteiger partial charge in [0.1, 0.15) is 6.23 Å². The van der Waals surface area contributed by atoms with E-state index in [9.17, 15) is 0 Å². The summed E-state index contributed by atoms with van der Waals surface area (Å²) >= 11 is 0. The third-order valence-electron chi connectivity index (χ3n) is 1.03. The van der Waals surface area contributed by atoms with Gasteiger partial charge in [0.25, 0.3) is 0 Å². The summed E-state index contributed by atoms with van der Waals surface area (Å²) in [5.41, 5.74) is 0. The summed E-state index contributed by atoms with van der Waals surface area (Å²) in [6.45, 7) is 0. The van der Waals surface area contributed by atoms with Gasteiger partial charge in [-0.3, -0.25) is 5.32 Å². The molecule has 0 rings (SSSR count). The molecule has 4 nitrogen and oxygen atoms in total. The molecular formula is C5H13NO3. The van der Waals surface area contributed by atoms with Crippen molar-refractivity contribution in [2.75, 3.05) is 7.05 Å². The lowest BCUT2D eigenvalue weighted by molar-refractivity contribution is -0.0543. The lowest BCUT2D eigenvalue weighted by Gasteiger charge is -2.08. The van der Waals surface area contributed by atoms with Crippen LogP contribution in [0.3, 0.4) is 0 Å². The fourth-order valence-corrected chi connectivity index (χ4v) is 0.451. The van der Waals surface area contributed by atoms with E-state index in [0.717, 1.165) is 0 Å². The molecule has 0 saturated heterocycles. The van der Waals surface area contributed by atoms with E-state index in [1.54, 1.807) is 7.05 Å². The van der Waals surface area contributed by atoms with E-state index in [2.05, 4.69) is 5.32 Å². The third-order valence-corrected chi connectivity index (χ3v) is 1.03. The summed E-state index contributed by atoms with van der Waals surface area (Å²) in [5.74, 6) is 0. The molecule has 4 N–H and O–H groups in total. The molecule has 0 radical (unpaired) electrons. The Kier molecular flexibility index (Phi) is 4.61. The van der Waals surface area contributed by atoms with Gasteiger partial charge in [-0.1, -0.05) is 0 Å². The third kappa shape index (κ3) is 5.72. The molecule has 0 aromatic rings. The van der Waals surface area contributed by atoms with Gasteiger partial charge in [0.15, 0.2) is 6.29 Å². The highest BCUT2D eigenvalue weighted by atomic mass is 16.5. The molecule has 0 aromatic carbocycles. The Morgan fingerprint density at radius 2 is 1.78 bits per heavy atom. The van der Waals surface area contributed by atoms with Crippen LogP contribution in [-0.4, -0.2) is 34.9 Å². The lowest BCUT2D eigenvalue weighted by atomic mass is 10.3. The molecule has 1 unspecified atom stereocenters. The van der Waals surface area contributed by atoms with E-state index in [4.69, 9.17) is 15.3 Å². The molecule has 0 aromatic heterocycles. The van der Waals surface area contributed by atoms with Crippen molar-refractivity contribution in [3.05, 3.63) is 0 Å². The summed E-state index contributed by atoms with van der Waals surface area (Å²) in [6.07, 6.45) is -1.39. The van der Waals surface area contributed by atoms with E-state index in [1.165, 1.54) is 0 Å². The quantitative estimate of drug-likeness (QED) is 0.358. The summed E-state index contributed by atoms with van der Waals surface area (Å²) in [6, 6.07) is 0. The van der Waals surface area contributed by atoms with Gasteiger partial charge in [-0.15, -0.1) is 0 Å². The first-order chi connectivity index (χ1) is 4.16. The Morgan fingerprint density at radius 1 is 1.22 bits per heavy atom. The fourth-order valence-electron chi connectivity index (χ4n) is 0.451. The largest absolute Gasteiger partial charge is 0.379 e. The Balaban J connectivity index is 3.06. The molecule has 56 valence electrons. The second kappa shape index (κ2) is 4.69. The van der Waals surface area contributed by atoms with Gasteiger partial charge >= 0.3 is 0 Å². The maximum atomic E-state index is 8.77. The zero-order valence-electron chi connectivity index (χ0n) is 5.41. The van der Waals surface area contributed by atoms with Crippen LogP contribution in [0.25, 0.3) is 0 Å². The van der Waals surface area contributed by atoms with Crippen molar-refractivity contribution in [3.8, 4) is 0 Å². The molecule has 0 saturated carbocycles. The van der Waals surface area contributed by atoms with Crippen LogP contribution >= 0.6 is 0 Å². The molecule has 0 fully saturated rings. The molecule has 0 heterocycles. The number of hydrogen-bond donors (Lipinski definition) is 4. The van der Waals surface area contributed by atoms with Crippen LogP contribution in [0.2, 0.25) is 0 Å². The Morgan fingerprint density at radius 3 is 2.11 bits per heavy atom. The number of hydrogen-bond acceptors (Lipinski definition) is 4. The van der Waals surface area contributed by atoms with Gasteiger partial charge < -0.3 is 15.3 Å². The summed E-state index contributed by atoms with van der Waals surface area (Å²) < 4.78 is 0. The van der Waals surface area contributed by atoms with Gasteiger partial charge in [0, 0.05) is 6.42 Å².